The second-order valence-electron chi connectivity index (χ2n) is 6.61. The minimum absolute atomic E-state index is 0.190. The van der Waals surface area contributed by atoms with Crippen molar-refractivity contribution in [1.82, 2.24) is 9.36 Å². The van der Waals surface area contributed by atoms with E-state index < -0.39 is 0 Å². The normalized spacial score (nSPS) is 11.6. The van der Waals surface area contributed by atoms with Crippen molar-refractivity contribution in [2.75, 3.05) is 5.73 Å². The molecule has 0 spiro atoms. The van der Waals surface area contributed by atoms with Crippen LogP contribution in [0, 0.1) is 0 Å². The smallest absolute Gasteiger partial charge is 0.295 e. The molecule has 3 rings (SSSR count). The van der Waals surface area contributed by atoms with Crippen LogP contribution in [0.2, 0.25) is 0 Å². The van der Waals surface area contributed by atoms with E-state index in [0.717, 1.165) is 17.1 Å². The van der Waals surface area contributed by atoms with Gasteiger partial charge in [-0.1, -0.05) is 57.2 Å². The van der Waals surface area contributed by atoms with Gasteiger partial charge in [0.1, 0.15) is 5.69 Å². The number of aromatic nitrogens is 2. The zero-order valence-electron chi connectivity index (χ0n) is 13.7. The standard InChI is InChI=1S/C19H21N3O/c1-19(2,3)17-16(20)18(23)22(15-12-8-5-9-13-15)21(17)14-10-6-4-7-11-14/h4-13H,20H2,1-3H3. The first-order valence-electron chi connectivity index (χ1n) is 7.66. The summed E-state index contributed by atoms with van der Waals surface area (Å²) in [6.45, 7) is 6.19. The first-order chi connectivity index (χ1) is 10.9. The quantitative estimate of drug-likeness (QED) is 0.787. The van der Waals surface area contributed by atoms with Crippen molar-refractivity contribution in [3.05, 3.63) is 76.7 Å². The molecule has 0 unspecified atom stereocenters. The first kappa shape index (κ1) is 15.2. The number of anilines is 1. The van der Waals surface area contributed by atoms with Crippen molar-refractivity contribution in [3.63, 3.8) is 0 Å². The van der Waals surface area contributed by atoms with Crippen molar-refractivity contribution in [3.8, 4) is 11.4 Å². The molecular weight excluding hydrogens is 286 g/mol. The summed E-state index contributed by atoms with van der Waals surface area (Å²) in [6, 6.07) is 19.4. The molecule has 3 aromatic rings. The highest BCUT2D eigenvalue weighted by Gasteiger charge is 2.28. The van der Waals surface area contributed by atoms with Crippen LogP contribution in [0.15, 0.2) is 65.5 Å². The maximum Gasteiger partial charge on any atom is 0.295 e. The highest BCUT2D eigenvalue weighted by atomic mass is 16.1. The summed E-state index contributed by atoms with van der Waals surface area (Å²) >= 11 is 0. The van der Waals surface area contributed by atoms with Crippen molar-refractivity contribution in [2.45, 2.75) is 26.2 Å². The van der Waals surface area contributed by atoms with Gasteiger partial charge in [-0.3, -0.25) is 4.79 Å². The summed E-state index contributed by atoms with van der Waals surface area (Å²) < 4.78 is 3.57. The molecule has 0 aliphatic rings. The molecule has 1 heterocycles. The number of nitrogens with two attached hydrogens (primary N) is 1. The van der Waals surface area contributed by atoms with Crippen molar-refractivity contribution < 1.29 is 0 Å². The number of nitrogen functional groups attached to an aromatic ring is 1. The SMILES string of the molecule is CC(C)(C)c1c(N)c(=O)n(-c2ccccc2)n1-c1ccccc1. The molecule has 0 fully saturated rings. The Morgan fingerprint density at radius 1 is 0.783 bits per heavy atom. The van der Waals surface area contributed by atoms with Crippen molar-refractivity contribution in [1.29, 1.82) is 0 Å². The van der Waals surface area contributed by atoms with Crippen LogP contribution in [0.3, 0.4) is 0 Å². The van der Waals surface area contributed by atoms with E-state index in [1.807, 2.05) is 65.3 Å². The number of hydrogen-bond acceptors (Lipinski definition) is 2. The summed E-state index contributed by atoms with van der Waals surface area (Å²) in [7, 11) is 0. The first-order valence-corrected chi connectivity index (χ1v) is 7.66. The highest BCUT2D eigenvalue weighted by molar-refractivity contribution is 5.52. The van der Waals surface area contributed by atoms with E-state index in [1.54, 1.807) is 4.68 Å². The molecular formula is C19H21N3O. The van der Waals surface area contributed by atoms with Gasteiger partial charge in [0.25, 0.3) is 5.56 Å². The fraction of sp³-hybridized carbons (Fsp3) is 0.211. The number of benzene rings is 2. The van der Waals surface area contributed by atoms with Gasteiger partial charge >= 0.3 is 0 Å². The molecule has 2 N–H and O–H groups in total. The van der Waals surface area contributed by atoms with Crippen molar-refractivity contribution in [2.24, 2.45) is 0 Å². The molecule has 0 saturated carbocycles. The van der Waals surface area contributed by atoms with Crippen LogP contribution in [0.4, 0.5) is 5.69 Å². The minimum atomic E-state index is -0.265. The number of hydrogen-bond donors (Lipinski definition) is 1. The average Bonchev–Trinajstić information content (AvgIpc) is 2.81. The molecule has 0 bridgehead atoms. The van der Waals surface area contributed by atoms with E-state index >= 15 is 0 Å². The zero-order chi connectivity index (χ0) is 16.6. The molecule has 0 amide bonds. The third-order valence-electron chi connectivity index (χ3n) is 3.80. The zero-order valence-corrected chi connectivity index (χ0v) is 13.7. The van der Waals surface area contributed by atoms with Gasteiger partial charge in [0.2, 0.25) is 0 Å². The van der Waals surface area contributed by atoms with E-state index in [-0.39, 0.29) is 11.0 Å². The molecule has 2 aromatic carbocycles. The topological polar surface area (TPSA) is 53.0 Å². The lowest BCUT2D eigenvalue weighted by Crippen LogP contribution is -2.23. The Hall–Kier alpha value is -2.75. The molecule has 0 saturated heterocycles. The van der Waals surface area contributed by atoms with Crippen LogP contribution in [0.5, 0.6) is 0 Å². The van der Waals surface area contributed by atoms with Gasteiger partial charge in [-0.2, -0.15) is 0 Å². The van der Waals surface area contributed by atoms with Crippen molar-refractivity contribution >= 4 is 5.69 Å². The van der Waals surface area contributed by atoms with Crippen LogP contribution in [-0.2, 0) is 5.41 Å². The van der Waals surface area contributed by atoms with Gasteiger partial charge in [0.15, 0.2) is 0 Å². The number of para-hydroxylation sites is 2. The molecule has 0 aliphatic heterocycles. The maximum absolute atomic E-state index is 12.8. The van der Waals surface area contributed by atoms with E-state index in [0.29, 0.717) is 5.69 Å². The monoisotopic (exact) mass is 307 g/mol. The fourth-order valence-electron chi connectivity index (χ4n) is 2.86. The second-order valence-corrected chi connectivity index (χ2v) is 6.61. The Kier molecular flexibility index (Phi) is 3.60. The Labute approximate surface area is 135 Å². The van der Waals surface area contributed by atoms with Gasteiger partial charge in [0.05, 0.1) is 17.1 Å². The van der Waals surface area contributed by atoms with Gasteiger partial charge < -0.3 is 5.73 Å². The Morgan fingerprint density at radius 3 is 1.65 bits per heavy atom. The lowest BCUT2D eigenvalue weighted by Gasteiger charge is -2.23. The number of nitrogens with zero attached hydrogens (tertiary/aromatic N) is 2. The minimum Gasteiger partial charge on any atom is -0.393 e. The lowest BCUT2D eigenvalue weighted by molar-refractivity contribution is 0.530. The van der Waals surface area contributed by atoms with E-state index in [2.05, 4.69) is 20.8 Å². The van der Waals surface area contributed by atoms with E-state index in [1.165, 1.54) is 0 Å². The van der Waals surface area contributed by atoms with Crippen LogP contribution < -0.4 is 11.3 Å². The highest BCUT2D eigenvalue weighted by Crippen LogP contribution is 2.30. The van der Waals surface area contributed by atoms with Crippen LogP contribution in [-0.4, -0.2) is 9.36 Å². The summed E-state index contributed by atoms with van der Waals surface area (Å²) in [5, 5.41) is 0. The van der Waals surface area contributed by atoms with Gasteiger partial charge in [-0.15, -0.1) is 0 Å². The predicted octanol–water partition coefficient (Wildman–Crippen LogP) is 3.51. The van der Waals surface area contributed by atoms with Gasteiger partial charge in [-0.05, 0) is 24.3 Å². The van der Waals surface area contributed by atoms with Crippen LogP contribution in [0.1, 0.15) is 26.5 Å². The molecule has 0 aliphatic carbocycles. The summed E-state index contributed by atoms with van der Waals surface area (Å²) in [6.07, 6.45) is 0. The molecule has 0 radical (unpaired) electrons. The largest absolute Gasteiger partial charge is 0.393 e. The Morgan fingerprint density at radius 2 is 1.22 bits per heavy atom. The third-order valence-corrected chi connectivity index (χ3v) is 3.80. The van der Waals surface area contributed by atoms with Gasteiger partial charge in [0, 0.05) is 5.41 Å². The fourth-order valence-corrected chi connectivity index (χ4v) is 2.86. The Bertz CT molecular complexity index is 869. The van der Waals surface area contributed by atoms with Gasteiger partial charge in [-0.25, -0.2) is 9.36 Å². The predicted molar refractivity (Wildman–Crippen MR) is 94.5 cm³/mol. The molecule has 23 heavy (non-hydrogen) atoms. The molecule has 0 atom stereocenters. The summed E-state index contributed by atoms with van der Waals surface area (Å²) in [4.78, 5) is 12.8. The maximum atomic E-state index is 12.8. The number of rotatable bonds is 2. The third kappa shape index (κ3) is 2.57. The molecule has 4 nitrogen and oxygen atoms in total. The van der Waals surface area contributed by atoms with E-state index in [9.17, 15) is 4.79 Å². The summed E-state index contributed by atoms with van der Waals surface area (Å²) in [5.74, 6) is 0. The van der Waals surface area contributed by atoms with E-state index in [4.69, 9.17) is 5.73 Å². The second kappa shape index (κ2) is 5.47. The molecule has 4 heteroatoms. The van der Waals surface area contributed by atoms with Crippen LogP contribution in [0.25, 0.3) is 11.4 Å². The Balaban J connectivity index is 2.44. The molecule has 118 valence electrons. The lowest BCUT2D eigenvalue weighted by atomic mass is 9.91. The summed E-state index contributed by atoms with van der Waals surface area (Å²) in [5.41, 5.74) is 8.58. The van der Waals surface area contributed by atoms with Crippen LogP contribution >= 0.6 is 0 Å². The average molecular weight is 307 g/mol. The molecule has 1 aromatic heterocycles.